The van der Waals surface area contributed by atoms with E-state index in [1.165, 1.54) is 15.4 Å². The fraction of sp³-hybridized carbons (Fsp3) is 0.250. The molecule has 0 aliphatic carbocycles. The van der Waals surface area contributed by atoms with E-state index < -0.39 is 0 Å². The molecule has 110 valence electrons. The fourth-order valence-electron chi connectivity index (χ4n) is 2.25. The summed E-state index contributed by atoms with van der Waals surface area (Å²) in [5.41, 5.74) is 7.12. The molecule has 0 amide bonds. The van der Waals surface area contributed by atoms with Crippen molar-refractivity contribution in [2.45, 2.75) is 21.2 Å². The molecule has 1 aliphatic rings. The van der Waals surface area contributed by atoms with Crippen LogP contribution < -0.4 is 15.2 Å². The Morgan fingerprint density at radius 3 is 2.57 bits per heavy atom. The van der Waals surface area contributed by atoms with Crippen LogP contribution in [0.3, 0.4) is 0 Å². The summed E-state index contributed by atoms with van der Waals surface area (Å²) in [4.78, 5) is 3.56. The van der Waals surface area contributed by atoms with Gasteiger partial charge >= 0.3 is 0 Å². The molecule has 0 unspecified atom stereocenters. The lowest BCUT2D eigenvalue weighted by molar-refractivity contribution is 0.171. The van der Waals surface area contributed by atoms with E-state index >= 15 is 0 Å². The van der Waals surface area contributed by atoms with Crippen molar-refractivity contribution in [1.29, 1.82) is 0 Å². The molecule has 0 radical (unpaired) electrons. The maximum Gasteiger partial charge on any atom is 0.162 e. The van der Waals surface area contributed by atoms with Crippen LogP contribution in [-0.2, 0) is 6.54 Å². The molecule has 1 aliphatic heterocycles. The molecule has 0 saturated carbocycles. The number of benzene rings is 2. The van der Waals surface area contributed by atoms with Gasteiger partial charge in [-0.3, -0.25) is 0 Å². The van der Waals surface area contributed by atoms with Gasteiger partial charge in [-0.1, -0.05) is 17.8 Å². The van der Waals surface area contributed by atoms with Crippen LogP contribution in [0, 0.1) is 0 Å². The first kappa shape index (κ1) is 14.6. The SMILES string of the molecule is CSc1cccc(Sc2ccc3c(c2)OCCO3)c1CN. The minimum absolute atomic E-state index is 0.546. The Kier molecular flexibility index (Phi) is 4.63. The Morgan fingerprint density at radius 2 is 1.81 bits per heavy atom. The molecule has 0 fully saturated rings. The van der Waals surface area contributed by atoms with Gasteiger partial charge in [0, 0.05) is 21.2 Å². The molecule has 0 saturated heterocycles. The molecule has 1 heterocycles. The fourth-order valence-corrected chi connectivity index (χ4v) is 3.99. The van der Waals surface area contributed by atoms with Crippen LogP contribution in [0.25, 0.3) is 0 Å². The van der Waals surface area contributed by atoms with E-state index in [9.17, 15) is 0 Å². The third-order valence-corrected chi connectivity index (χ3v) is 5.17. The van der Waals surface area contributed by atoms with E-state index in [1.54, 1.807) is 23.5 Å². The largest absolute Gasteiger partial charge is 0.486 e. The van der Waals surface area contributed by atoms with Crippen molar-refractivity contribution in [1.82, 2.24) is 0 Å². The lowest BCUT2D eigenvalue weighted by Crippen LogP contribution is -2.15. The Bertz CT molecular complexity index is 646. The van der Waals surface area contributed by atoms with Gasteiger partial charge in [0.25, 0.3) is 0 Å². The Balaban J connectivity index is 1.90. The van der Waals surface area contributed by atoms with Gasteiger partial charge in [0.05, 0.1) is 0 Å². The molecule has 0 aromatic heterocycles. The van der Waals surface area contributed by atoms with Gasteiger partial charge in [-0.15, -0.1) is 11.8 Å². The van der Waals surface area contributed by atoms with Crippen LogP contribution >= 0.6 is 23.5 Å². The smallest absolute Gasteiger partial charge is 0.162 e. The lowest BCUT2D eigenvalue weighted by Gasteiger charge is -2.19. The van der Waals surface area contributed by atoms with Crippen LogP contribution in [0.2, 0.25) is 0 Å². The zero-order chi connectivity index (χ0) is 14.7. The molecule has 0 bridgehead atoms. The maximum atomic E-state index is 5.92. The second kappa shape index (κ2) is 6.64. The zero-order valence-corrected chi connectivity index (χ0v) is 13.4. The highest BCUT2D eigenvalue weighted by Gasteiger charge is 2.13. The first-order chi connectivity index (χ1) is 10.3. The number of hydrogen-bond donors (Lipinski definition) is 1. The summed E-state index contributed by atoms with van der Waals surface area (Å²) in [6, 6.07) is 12.4. The van der Waals surface area contributed by atoms with Gasteiger partial charge < -0.3 is 15.2 Å². The predicted octanol–water partition coefficient (Wildman–Crippen LogP) is 3.79. The number of rotatable bonds is 4. The van der Waals surface area contributed by atoms with Gasteiger partial charge in [-0.25, -0.2) is 0 Å². The zero-order valence-electron chi connectivity index (χ0n) is 11.8. The van der Waals surface area contributed by atoms with E-state index in [0.717, 1.165) is 16.4 Å². The molecular formula is C16H17NO2S2. The first-order valence-electron chi connectivity index (χ1n) is 6.75. The summed E-state index contributed by atoms with van der Waals surface area (Å²) in [7, 11) is 0. The summed E-state index contributed by atoms with van der Waals surface area (Å²) in [5.74, 6) is 1.64. The van der Waals surface area contributed by atoms with E-state index in [0.29, 0.717) is 19.8 Å². The molecule has 2 aromatic carbocycles. The Labute approximate surface area is 133 Å². The minimum atomic E-state index is 0.546. The second-order valence-corrected chi connectivity index (χ2v) is 6.51. The molecule has 3 rings (SSSR count). The topological polar surface area (TPSA) is 44.5 Å². The van der Waals surface area contributed by atoms with Crippen LogP contribution in [0.1, 0.15) is 5.56 Å². The highest BCUT2D eigenvalue weighted by molar-refractivity contribution is 8.00. The highest BCUT2D eigenvalue weighted by atomic mass is 32.2. The van der Waals surface area contributed by atoms with Crippen molar-refractivity contribution in [3.63, 3.8) is 0 Å². The average molecular weight is 319 g/mol. The van der Waals surface area contributed by atoms with Crippen LogP contribution in [0.5, 0.6) is 11.5 Å². The summed E-state index contributed by atoms with van der Waals surface area (Å²) < 4.78 is 11.2. The van der Waals surface area contributed by atoms with Gasteiger partial charge in [0.1, 0.15) is 13.2 Å². The molecule has 2 N–H and O–H groups in total. The standard InChI is InChI=1S/C16H17NO2S2/c1-20-15-3-2-4-16(12(15)10-17)21-11-5-6-13-14(9-11)19-8-7-18-13/h2-6,9H,7-8,10,17H2,1H3. The van der Waals surface area contributed by atoms with E-state index in [-0.39, 0.29) is 0 Å². The second-order valence-electron chi connectivity index (χ2n) is 4.55. The highest BCUT2D eigenvalue weighted by Crippen LogP contribution is 2.39. The van der Waals surface area contributed by atoms with Crippen molar-refractivity contribution in [3.05, 3.63) is 42.0 Å². The Hall–Kier alpha value is -1.30. The predicted molar refractivity (Wildman–Crippen MR) is 87.7 cm³/mol. The third kappa shape index (κ3) is 3.15. The van der Waals surface area contributed by atoms with Gasteiger partial charge in [-0.2, -0.15) is 0 Å². The van der Waals surface area contributed by atoms with Crippen molar-refractivity contribution in [2.75, 3.05) is 19.5 Å². The number of hydrogen-bond acceptors (Lipinski definition) is 5. The summed E-state index contributed by atoms with van der Waals surface area (Å²) in [6.07, 6.45) is 2.08. The Morgan fingerprint density at radius 1 is 1.05 bits per heavy atom. The molecular weight excluding hydrogens is 302 g/mol. The number of nitrogens with two attached hydrogens (primary N) is 1. The average Bonchev–Trinajstić information content (AvgIpc) is 2.54. The van der Waals surface area contributed by atoms with E-state index in [4.69, 9.17) is 15.2 Å². The first-order valence-corrected chi connectivity index (χ1v) is 8.79. The lowest BCUT2D eigenvalue weighted by atomic mass is 10.2. The quantitative estimate of drug-likeness (QED) is 0.869. The molecule has 0 spiro atoms. The monoisotopic (exact) mass is 319 g/mol. The molecule has 5 heteroatoms. The molecule has 0 atom stereocenters. The number of ether oxygens (including phenoxy) is 2. The minimum Gasteiger partial charge on any atom is -0.486 e. The van der Waals surface area contributed by atoms with Crippen molar-refractivity contribution in [3.8, 4) is 11.5 Å². The number of fused-ring (bicyclic) bond motifs is 1. The van der Waals surface area contributed by atoms with Gasteiger partial charge in [0.2, 0.25) is 0 Å². The number of thioether (sulfide) groups is 1. The van der Waals surface area contributed by atoms with Gasteiger partial charge in [-0.05, 0) is 42.2 Å². The van der Waals surface area contributed by atoms with E-state index in [2.05, 4.69) is 30.5 Å². The third-order valence-electron chi connectivity index (χ3n) is 3.26. The van der Waals surface area contributed by atoms with Crippen LogP contribution in [-0.4, -0.2) is 19.5 Å². The molecule has 21 heavy (non-hydrogen) atoms. The molecule has 3 nitrogen and oxygen atoms in total. The van der Waals surface area contributed by atoms with Crippen molar-refractivity contribution < 1.29 is 9.47 Å². The summed E-state index contributed by atoms with van der Waals surface area (Å²) >= 11 is 3.44. The summed E-state index contributed by atoms with van der Waals surface area (Å²) in [6.45, 7) is 1.77. The normalized spacial score (nSPS) is 13.2. The van der Waals surface area contributed by atoms with Crippen molar-refractivity contribution in [2.24, 2.45) is 5.73 Å². The molecule has 2 aromatic rings. The van der Waals surface area contributed by atoms with Crippen LogP contribution in [0.15, 0.2) is 51.1 Å². The van der Waals surface area contributed by atoms with E-state index in [1.807, 2.05) is 12.1 Å². The maximum absolute atomic E-state index is 5.92. The van der Waals surface area contributed by atoms with Gasteiger partial charge in [0.15, 0.2) is 11.5 Å². The summed E-state index contributed by atoms with van der Waals surface area (Å²) in [5, 5.41) is 0. The van der Waals surface area contributed by atoms with Crippen LogP contribution in [0.4, 0.5) is 0 Å². The van der Waals surface area contributed by atoms with Crippen molar-refractivity contribution >= 4 is 23.5 Å².